The second-order valence-electron chi connectivity index (χ2n) is 3.94. The zero-order chi connectivity index (χ0) is 10.3. The number of hydrogen-bond acceptors (Lipinski definition) is 3. The van der Waals surface area contributed by atoms with Crippen molar-refractivity contribution in [3.05, 3.63) is 29.5 Å². The van der Waals surface area contributed by atoms with E-state index in [2.05, 4.69) is 12.3 Å². The number of aliphatic hydroxyl groups excluding tert-OH is 2. The van der Waals surface area contributed by atoms with E-state index in [1.807, 2.05) is 6.92 Å². The molecule has 0 aromatic rings. The molecule has 1 heterocycles. The van der Waals surface area contributed by atoms with Crippen LogP contribution in [0.2, 0.25) is 0 Å². The maximum atomic E-state index is 9.72. The second-order valence-corrected chi connectivity index (χ2v) is 3.94. The standard InChI is InChI=1S/C11H14O3/c1-6(2)3-4-7-5-8(12)10-11(14-10)9(7)13/h3,8-13H,1,5H2,2H3/t4?,8-,9+,10-,11+/m1/s1. The molecule has 14 heavy (non-hydrogen) atoms. The normalized spacial score (nSPS) is 39.8. The monoisotopic (exact) mass is 194 g/mol. The lowest BCUT2D eigenvalue weighted by molar-refractivity contribution is 0.117. The number of hydrogen-bond donors (Lipinski definition) is 2. The fourth-order valence-corrected chi connectivity index (χ4v) is 1.72. The van der Waals surface area contributed by atoms with Crippen LogP contribution in [0.15, 0.2) is 29.5 Å². The third kappa shape index (κ3) is 1.68. The predicted molar refractivity (Wildman–Crippen MR) is 51.7 cm³/mol. The van der Waals surface area contributed by atoms with Crippen LogP contribution in [0.4, 0.5) is 0 Å². The summed E-state index contributed by atoms with van der Waals surface area (Å²) in [6.07, 6.45) is 0.656. The van der Waals surface area contributed by atoms with E-state index in [4.69, 9.17) is 4.74 Å². The van der Waals surface area contributed by atoms with Crippen LogP contribution in [-0.2, 0) is 4.74 Å². The van der Waals surface area contributed by atoms with Crippen molar-refractivity contribution in [3.8, 4) is 0 Å². The Balaban J connectivity index is 2.19. The number of fused-ring (bicyclic) bond motifs is 1. The molecule has 1 aliphatic heterocycles. The molecule has 2 rings (SSSR count). The summed E-state index contributed by atoms with van der Waals surface area (Å²) in [6, 6.07) is 0. The minimum Gasteiger partial charge on any atom is -0.390 e. The topological polar surface area (TPSA) is 53.0 Å². The SMILES string of the molecule is C=C(C)C=C=C1C[C@@H](O)[C@H]2O[C@H]2[C@H]1O. The molecule has 1 saturated carbocycles. The van der Waals surface area contributed by atoms with Gasteiger partial charge in [0.05, 0.1) is 6.10 Å². The number of epoxide rings is 1. The number of allylic oxidation sites excluding steroid dienone is 1. The molecule has 3 heteroatoms. The third-order valence-corrected chi connectivity index (χ3v) is 2.54. The molecule has 2 fully saturated rings. The molecular formula is C11H14O3. The zero-order valence-corrected chi connectivity index (χ0v) is 8.10. The Kier molecular flexibility index (Phi) is 2.33. The summed E-state index contributed by atoms with van der Waals surface area (Å²) >= 11 is 0. The van der Waals surface area contributed by atoms with Crippen LogP contribution in [0.5, 0.6) is 0 Å². The highest BCUT2D eigenvalue weighted by atomic mass is 16.6. The van der Waals surface area contributed by atoms with Gasteiger partial charge in [0.2, 0.25) is 0 Å². The summed E-state index contributed by atoms with van der Waals surface area (Å²) < 4.78 is 5.14. The number of aliphatic hydroxyl groups is 2. The van der Waals surface area contributed by atoms with Gasteiger partial charge in [-0.15, -0.1) is 5.73 Å². The Morgan fingerprint density at radius 2 is 2.29 bits per heavy atom. The Bertz CT molecular complexity index is 325. The fraction of sp³-hybridized carbons (Fsp3) is 0.545. The Hall–Kier alpha value is -0.860. The van der Waals surface area contributed by atoms with Crippen molar-refractivity contribution in [2.45, 2.75) is 37.8 Å². The quantitative estimate of drug-likeness (QED) is 0.364. The summed E-state index contributed by atoms with van der Waals surface area (Å²) in [5.41, 5.74) is 4.54. The highest BCUT2D eigenvalue weighted by Gasteiger charge is 2.54. The Morgan fingerprint density at radius 1 is 1.57 bits per heavy atom. The van der Waals surface area contributed by atoms with Crippen molar-refractivity contribution < 1.29 is 14.9 Å². The number of rotatable bonds is 1. The van der Waals surface area contributed by atoms with E-state index in [1.54, 1.807) is 6.08 Å². The van der Waals surface area contributed by atoms with Crippen molar-refractivity contribution in [3.63, 3.8) is 0 Å². The fourth-order valence-electron chi connectivity index (χ4n) is 1.72. The van der Waals surface area contributed by atoms with Gasteiger partial charge in [-0.25, -0.2) is 0 Å². The first-order chi connectivity index (χ1) is 6.59. The van der Waals surface area contributed by atoms with Gasteiger partial charge in [0.1, 0.15) is 18.3 Å². The van der Waals surface area contributed by atoms with Crippen molar-refractivity contribution in [2.75, 3.05) is 0 Å². The van der Waals surface area contributed by atoms with E-state index in [0.29, 0.717) is 12.0 Å². The van der Waals surface area contributed by atoms with Crippen LogP contribution in [0.1, 0.15) is 13.3 Å². The molecule has 0 spiro atoms. The first-order valence-corrected chi connectivity index (χ1v) is 4.72. The van der Waals surface area contributed by atoms with Crippen LogP contribution >= 0.6 is 0 Å². The van der Waals surface area contributed by atoms with Gasteiger partial charge in [-0.3, -0.25) is 0 Å². The average molecular weight is 194 g/mol. The predicted octanol–water partition coefficient (Wildman–Crippen LogP) is 0.537. The molecule has 1 saturated heterocycles. The summed E-state index contributed by atoms with van der Waals surface area (Å²) in [5, 5.41) is 19.3. The zero-order valence-electron chi connectivity index (χ0n) is 8.10. The lowest BCUT2D eigenvalue weighted by Gasteiger charge is -2.19. The van der Waals surface area contributed by atoms with Gasteiger partial charge >= 0.3 is 0 Å². The van der Waals surface area contributed by atoms with Crippen LogP contribution in [0, 0.1) is 0 Å². The van der Waals surface area contributed by atoms with Gasteiger partial charge in [-0.2, -0.15) is 0 Å². The smallest absolute Gasteiger partial charge is 0.117 e. The summed E-state index contributed by atoms with van der Waals surface area (Å²) in [7, 11) is 0. The molecule has 0 aromatic carbocycles. The molecule has 3 nitrogen and oxygen atoms in total. The van der Waals surface area contributed by atoms with E-state index >= 15 is 0 Å². The Labute approximate surface area is 83.0 Å². The van der Waals surface area contributed by atoms with Gasteiger partial charge < -0.3 is 14.9 Å². The minimum absolute atomic E-state index is 0.166. The second kappa shape index (κ2) is 3.37. The molecule has 0 unspecified atom stereocenters. The molecule has 0 bridgehead atoms. The maximum Gasteiger partial charge on any atom is 0.117 e. The van der Waals surface area contributed by atoms with Crippen molar-refractivity contribution in [2.24, 2.45) is 0 Å². The van der Waals surface area contributed by atoms with Gasteiger partial charge in [-0.1, -0.05) is 12.2 Å². The highest BCUT2D eigenvalue weighted by Crippen LogP contribution is 2.39. The van der Waals surface area contributed by atoms with Gasteiger partial charge in [0, 0.05) is 12.0 Å². The van der Waals surface area contributed by atoms with Crippen LogP contribution in [0.25, 0.3) is 0 Å². The van der Waals surface area contributed by atoms with Gasteiger partial charge in [-0.05, 0) is 13.0 Å². The van der Waals surface area contributed by atoms with Crippen LogP contribution in [0.3, 0.4) is 0 Å². The molecule has 76 valence electrons. The Morgan fingerprint density at radius 3 is 2.93 bits per heavy atom. The molecule has 0 aromatic heterocycles. The molecule has 2 aliphatic rings. The summed E-state index contributed by atoms with van der Waals surface area (Å²) in [6.45, 7) is 5.56. The molecule has 1 aliphatic carbocycles. The van der Waals surface area contributed by atoms with E-state index in [0.717, 1.165) is 5.57 Å². The maximum absolute atomic E-state index is 9.72. The first kappa shape index (κ1) is 9.69. The van der Waals surface area contributed by atoms with Crippen molar-refractivity contribution in [1.29, 1.82) is 0 Å². The minimum atomic E-state index is -0.612. The summed E-state index contributed by atoms with van der Waals surface area (Å²) in [4.78, 5) is 0. The van der Waals surface area contributed by atoms with E-state index < -0.39 is 12.2 Å². The molecular weight excluding hydrogens is 180 g/mol. The number of ether oxygens (including phenoxy) is 1. The summed E-state index contributed by atoms with van der Waals surface area (Å²) in [5.74, 6) is 0. The highest BCUT2D eigenvalue weighted by molar-refractivity contribution is 5.24. The average Bonchev–Trinajstić information content (AvgIpc) is 2.88. The van der Waals surface area contributed by atoms with Crippen molar-refractivity contribution in [1.82, 2.24) is 0 Å². The molecule has 0 amide bonds. The van der Waals surface area contributed by atoms with Gasteiger partial charge in [0.15, 0.2) is 0 Å². The van der Waals surface area contributed by atoms with Crippen LogP contribution < -0.4 is 0 Å². The van der Waals surface area contributed by atoms with E-state index in [9.17, 15) is 10.2 Å². The van der Waals surface area contributed by atoms with Crippen LogP contribution in [-0.4, -0.2) is 34.6 Å². The largest absolute Gasteiger partial charge is 0.390 e. The van der Waals surface area contributed by atoms with E-state index in [1.165, 1.54) is 0 Å². The lowest BCUT2D eigenvalue weighted by Crippen LogP contribution is -2.32. The first-order valence-electron chi connectivity index (χ1n) is 4.72. The third-order valence-electron chi connectivity index (χ3n) is 2.54. The van der Waals surface area contributed by atoms with Gasteiger partial charge in [0.25, 0.3) is 0 Å². The lowest BCUT2D eigenvalue weighted by atomic mass is 9.90. The molecule has 2 N–H and O–H groups in total. The van der Waals surface area contributed by atoms with Crippen molar-refractivity contribution >= 4 is 0 Å². The van der Waals surface area contributed by atoms with E-state index in [-0.39, 0.29) is 12.2 Å². The molecule has 0 radical (unpaired) electrons. The molecule has 4 atom stereocenters.